The first-order chi connectivity index (χ1) is 15.0. The van der Waals surface area contributed by atoms with E-state index in [0.29, 0.717) is 17.1 Å². The summed E-state index contributed by atoms with van der Waals surface area (Å²) in [5.41, 5.74) is -1.50. The van der Waals surface area contributed by atoms with Crippen LogP contribution in [-0.2, 0) is 4.79 Å². The molecule has 1 N–H and O–H groups in total. The molecule has 3 rings (SSSR count). The maximum Gasteiger partial charge on any atom is 0.438 e. The number of benzene rings is 2. The minimum absolute atomic E-state index is 0.0701. The van der Waals surface area contributed by atoms with Crippen LogP contribution in [0.2, 0.25) is 0 Å². The Balaban J connectivity index is 1.87. The standard InChI is InChI=1S/C23H25F3N2O4/c1-14(2)18-10-5-15(3)11-20(18)32-13-21(29)28-22(30,23(24,25)26)12-19(27-28)16-6-8-17(31-4)9-7-16/h5-11,14,30H,12-13H2,1-4H3/t22-/m0/s1. The maximum atomic E-state index is 13.8. The lowest BCUT2D eigenvalue weighted by molar-refractivity contribution is -0.302. The molecule has 0 aliphatic carbocycles. The molecule has 0 saturated carbocycles. The molecule has 0 spiro atoms. The highest BCUT2D eigenvalue weighted by atomic mass is 19.4. The van der Waals surface area contributed by atoms with Gasteiger partial charge in [0.25, 0.3) is 11.6 Å². The van der Waals surface area contributed by atoms with Gasteiger partial charge in [0.05, 0.1) is 19.2 Å². The highest BCUT2D eigenvalue weighted by molar-refractivity contribution is 6.03. The lowest BCUT2D eigenvalue weighted by Crippen LogP contribution is -2.57. The summed E-state index contributed by atoms with van der Waals surface area (Å²) in [5.74, 6) is -0.106. The molecule has 6 nitrogen and oxygen atoms in total. The van der Waals surface area contributed by atoms with Gasteiger partial charge in [-0.25, -0.2) is 0 Å². The van der Waals surface area contributed by atoms with Crippen molar-refractivity contribution in [3.05, 3.63) is 59.2 Å². The third-order valence-corrected chi connectivity index (χ3v) is 5.24. The Morgan fingerprint density at radius 3 is 2.44 bits per heavy atom. The van der Waals surface area contributed by atoms with Crippen LogP contribution in [-0.4, -0.2) is 47.4 Å². The number of nitrogens with zero attached hydrogens (tertiary/aromatic N) is 2. The fourth-order valence-electron chi connectivity index (χ4n) is 3.42. The number of alkyl halides is 3. The predicted molar refractivity (Wildman–Crippen MR) is 113 cm³/mol. The van der Waals surface area contributed by atoms with E-state index in [4.69, 9.17) is 9.47 Å². The second kappa shape index (κ2) is 8.82. The number of aliphatic hydroxyl groups is 1. The van der Waals surface area contributed by atoms with Crippen molar-refractivity contribution >= 4 is 11.6 Å². The molecule has 0 saturated heterocycles. The van der Waals surface area contributed by atoms with Crippen LogP contribution >= 0.6 is 0 Å². The van der Waals surface area contributed by atoms with Gasteiger partial charge in [-0.15, -0.1) is 0 Å². The van der Waals surface area contributed by atoms with E-state index in [9.17, 15) is 23.1 Å². The molecule has 0 unspecified atom stereocenters. The van der Waals surface area contributed by atoms with Crippen molar-refractivity contribution in [2.75, 3.05) is 13.7 Å². The molecule has 0 radical (unpaired) electrons. The van der Waals surface area contributed by atoms with Crippen molar-refractivity contribution < 1.29 is 32.5 Å². The summed E-state index contributed by atoms with van der Waals surface area (Å²) in [5, 5.41) is 14.4. The van der Waals surface area contributed by atoms with Crippen LogP contribution < -0.4 is 9.47 Å². The van der Waals surface area contributed by atoms with Crippen molar-refractivity contribution in [3.8, 4) is 11.5 Å². The lowest BCUT2D eigenvalue weighted by atomic mass is 10.0. The number of ether oxygens (including phenoxy) is 2. The van der Waals surface area contributed by atoms with Crippen molar-refractivity contribution in [2.24, 2.45) is 5.10 Å². The second-order valence-corrected chi connectivity index (χ2v) is 7.96. The number of hydrazone groups is 1. The summed E-state index contributed by atoms with van der Waals surface area (Å²) in [7, 11) is 1.46. The normalized spacial score (nSPS) is 18.7. The van der Waals surface area contributed by atoms with E-state index in [2.05, 4.69) is 5.10 Å². The molecule has 1 aliphatic heterocycles. The Morgan fingerprint density at radius 2 is 1.88 bits per heavy atom. The monoisotopic (exact) mass is 450 g/mol. The highest BCUT2D eigenvalue weighted by Gasteiger charge is 2.63. The first-order valence-electron chi connectivity index (χ1n) is 10.0. The number of halogens is 3. The van der Waals surface area contributed by atoms with Gasteiger partial charge in [-0.3, -0.25) is 4.79 Å². The van der Waals surface area contributed by atoms with E-state index in [-0.39, 0.29) is 16.6 Å². The largest absolute Gasteiger partial charge is 0.497 e. The molecule has 2 aromatic rings. The van der Waals surface area contributed by atoms with Gasteiger partial charge in [0.15, 0.2) is 6.61 Å². The predicted octanol–water partition coefficient (Wildman–Crippen LogP) is 4.39. The highest BCUT2D eigenvalue weighted by Crippen LogP contribution is 2.41. The van der Waals surface area contributed by atoms with Gasteiger partial charge in [0, 0.05) is 0 Å². The molecule has 1 aliphatic rings. The third kappa shape index (κ3) is 4.57. The van der Waals surface area contributed by atoms with Crippen LogP contribution in [0.1, 0.15) is 42.9 Å². The van der Waals surface area contributed by atoms with Crippen LogP contribution in [0.5, 0.6) is 11.5 Å². The Hall–Kier alpha value is -3.07. The molecule has 1 atom stereocenters. The molecular formula is C23H25F3N2O4. The Kier molecular flexibility index (Phi) is 6.50. The molecule has 9 heteroatoms. The number of hydrogen-bond acceptors (Lipinski definition) is 5. The van der Waals surface area contributed by atoms with Gasteiger partial charge in [0.2, 0.25) is 0 Å². The van der Waals surface area contributed by atoms with Crippen molar-refractivity contribution in [1.29, 1.82) is 0 Å². The summed E-state index contributed by atoms with van der Waals surface area (Å²) >= 11 is 0. The topological polar surface area (TPSA) is 71.4 Å². The molecule has 0 aromatic heterocycles. The van der Waals surface area contributed by atoms with Gasteiger partial charge >= 0.3 is 6.18 Å². The Bertz CT molecular complexity index is 1020. The molecule has 1 amide bonds. The van der Waals surface area contributed by atoms with E-state index < -0.39 is 30.8 Å². The average Bonchev–Trinajstić information content (AvgIpc) is 3.11. The number of rotatable bonds is 6. The summed E-state index contributed by atoms with van der Waals surface area (Å²) in [6, 6.07) is 11.6. The van der Waals surface area contributed by atoms with Gasteiger partial charge < -0.3 is 14.6 Å². The second-order valence-electron chi connectivity index (χ2n) is 7.96. The molecular weight excluding hydrogens is 425 g/mol. The average molecular weight is 450 g/mol. The van der Waals surface area contributed by atoms with Crippen LogP contribution in [0.25, 0.3) is 0 Å². The fourth-order valence-corrected chi connectivity index (χ4v) is 3.42. The minimum Gasteiger partial charge on any atom is -0.497 e. The SMILES string of the molecule is COc1ccc(C2=NN(C(=O)COc3cc(C)ccc3C(C)C)[C@@](O)(C(F)(F)F)C2)cc1. The molecule has 0 fully saturated rings. The summed E-state index contributed by atoms with van der Waals surface area (Å²) in [6.45, 7) is 5.01. The molecule has 2 aromatic carbocycles. The summed E-state index contributed by atoms with van der Waals surface area (Å²) in [6.07, 6.45) is -6.01. The molecule has 172 valence electrons. The van der Waals surface area contributed by atoms with E-state index in [1.54, 1.807) is 18.2 Å². The number of amides is 1. The Morgan fingerprint density at radius 1 is 1.22 bits per heavy atom. The fraction of sp³-hybridized carbons (Fsp3) is 0.391. The number of carbonyl (C=O) groups excluding carboxylic acids is 1. The van der Waals surface area contributed by atoms with Gasteiger partial charge in [0.1, 0.15) is 11.5 Å². The van der Waals surface area contributed by atoms with E-state index >= 15 is 0 Å². The van der Waals surface area contributed by atoms with Crippen LogP contribution in [0.15, 0.2) is 47.6 Å². The molecule has 32 heavy (non-hydrogen) atoms. The summed E-state index contributed by atoms with van der Waals surface area (Å²) < 4.78 is 51.9. The number of methoxy groups -OCH3 is 1. The first-order valence-corrected chi connectivity index (χ1v) is 10.0. The first kappa shape index (κ1) is 23.6. The van der Waals surface area contributed by atoms with Gasteiger partial charge in [-0.05, 0) is 59.9 Å². The molecule has 0 bridgehead atoms. The third-order valence-electron chi connectivity index (χ3n) is 5.24. The minimum atomic E-state index is -5.12. The van der Waals surface area contributed by atoms with Crippen molar-refractivity contribution in [1.82, 2.24) is 5.01 Å². The van der Waals surface area contributed by atoms with Crippen LogP contribution in [0, 0.1) is 6.92 Å². The Labute approximate surface area is 184 Å². The number of hydrogen-bond donors (Lipinski definition) is 1. The lowest BCUT2D eigenvalue weighted by Gasteiger charge is -2.32. The van der Waals surface area contributed by atoms with Crippen LogP contribution in [0.4, 0.5) is 13.2 Å². The van der Waals surface area contributed by atoms with E-state index in [0.717, 1.165) is 11.1 Å². The van der Waals surface area contributed by atoms with Crippen LogP contribution in [0.3, 0.4) is 0 Å². The zero-order valence-corrected chi connectivity index (χ0v) is 18.2. The number of aryl methyl sites for hydroxylation is 1. The maximum absolute atomic E-state index is 13.8. The van der Waals surface area contributed by atoms with Crippen molar-refractivity contribution in [2.45, 2.75) is 45.0 Å². The smallest absolute Gasteiger partial charge is 0.438 e. The van der Waals surface area contributed by atoms with Crippen molar-refractivity contribution in [3.63, 3.8) is 0 Å². The zero-order chi connectivity index (χ0) is 23.7. The zero-order valence-electron chi connectivity index (χ0n) is 18.2. The summed E-state index contributed by atoms with van der Waals surface area (Å²) in [4.78, 5) is 12.7. The molecule has 1 heterocycles. The quantitative estimate of drug-likeness (QED) is 0.709. The van der Waals surface area contributed by atoms with E-state index in [1.807, 2.05) is 32.9 Å². The number of carbonyl (C=O) groups is 1. The van der Waals surface area contributed by atoms with Gasteiger partial charge in [-0.1, -0.05) is 26.0 Å². The van der Waals surface area contributed by atoms with E-state index in [1.165, 1.54) is 19.2 Å². The van der Waals surface area contributed by atoms with Gasteiger partial charge in [-0.2, -0.15) is 23.3 Å².